The smallest absolute Gasteiger partial charge is 0.247 e. The molecule has 0 fully saturated rings. The first-order valence-electron chi connectivity index (χ1n) is 7.96. The summed E-state index contributed by atoms with van der Waals surface area (Å²) < 4.78 is 4.90. The predicted molar refractivity (Wildman–Crippen MR) is 94.4 cm³/mol. The van der Waals surface area contributed by atoms with Crippen molar-refractivity contribution in [3.63, 3.8) is 0 Å². The Kier molecular flexibility index (Phi) is 4.02. The third-order valence-electron chi connectivity index (χ3n) is 3.76. The number of hydrogen-bond donors (Lipinski definition) is 1. The lowest BCUT2D eigenvalue weighted by molar-refractivity contribution is -0.116. The molecule has 4 rings (SSSR count). The van der Waals surface area contributed by atoms with Crippen LogP contribution < -0.4 is 5.32 Å². The minimum Gasteiger partial charge on any atom is -0.306 e. The van der Waals surface area contributed by atoms with Gasteiger partial charge in [-0.05, 0) is 23.8 Å². The van der Waals surface area contributed by atoms with Crippen molar-refractivity contribution in [1.82, 2.24) is 34.6 Å². The minimum absolute atomic E-state index is 0.0927. The molecule has 130 valence electrons. The molecule has 4 aromatic rings. The topological polar surface area (TPSA) is 95.5 Å². The van der Waals surface area contributed by atoms with Crippen molar-refractivity contribution >= 4 is 11.7 Å². The second-order valence-corrected chi connectivity index (χ2v) is 5.75. The van der Waals surface area contributed by atoms with Gasteiger partial charge >= 0.3 is 0 Å². The van der Waals surface area contributed by atoms with Crippen LogP contribution >= 0.6 is 0 Å². The molecule has 1 aromatic carbocycles. The van der Waals surface area contributed by atoms with Crippen molar-refractivity contribution in [2.45, 2.75) is 6.54 Å². The Balaban J connectivity index is 1.48. The summed E-state index contributed by atoms with van der Waals surface area (Å²) in [5.74, 6) is 0.197. The van der Waals surface area contributed by atoms with E-state index in [-0.39, 0.29) is 12.5 Å². The van der Waals surface area contributed by atoms with E-state index in [0.717, 1.165) is 16.8 Å². The van der Waals surface area contributed by atoms with Crippen LogP contribution in [0.5, 0.6) is 0 Å². The maximum atomic E-state index is 12.1. The fourth-order valence-electron chi connectivity index (χ4n) is 2.58. The van der Waals surface area contributed by atoms with E-state index in [2.05, 4.69) is 25.8 Å². The summed E-state index contributed by atoms with van der Waals surface area (Å²) >= 11 is 0. The summed E-state index contributed by atoms with van der Waals surface area (Å²) in [5, 5.41) is 18.8. The monoisotopic (exact) mass is 348 g/mol. The number of carbonyl (C=O) groups is 1. The van der Waals surface area contributed by atoms with Crippen LogP contribution in [0.15, 0.2) is 61.3 Å². The lowest BCUT2D eigenvalue weighted by atomic mass is 10.1. The van der Waals surface area contributed by atoms with E-state index in [1.807, 2.05) is 42.7 Å². The molecule has 1 amide bonds. The number of carbonyl (C=O) groups excluding carboxylic acids is 1. The summed E-state index contributed by atoms with van der Waals surface area (Å²) in [6, 6.07) is 9.84. The number of aromatic nitrogens is 7. The Morgan fingerprint density at radius 2 is 2.08 bits per heavy atom. The fraction of sp³-hybridized carbons (Fsp3) is 0.118. The molecule has 9 nitrogen and oxygen atoms in total. The molecule has 3 aromatic heterocycles. The SMILES string of the molecule is Cn1cc(NC(=O)Cn2cc(-c3cccc(-n4cccn4)c3)cn2)nn1. The zero-order chi connectivity index (χ0) is 17.9. The van der Waals surface area contributed by atoms with Gasteiger partial charge in [-0.2, -0.15) is 10.2 Å². The number of rotatable bonds is 5. The van der Waals surface area contributed by atoms with Crippen LogP contribution in [0, 0.1) is 0 Å². The molecular weight excluding hydrogens is 332 g/mol. The van der Waals surface area contributed by atoms with Crippen molar-refractivity contribution in [3.05, 3.63) is 61.3 Å². The molecule has 0 atom stereocenters. The number of benzene rings is 1. The number of nitrogens with one attached hydrogen (secondary N) is 1. The molecule has 0 unspecified atom stereocenters. The Morgan fingerprint density at radius 3 is 2.85 bits per heavy atom. The van der Waals surface area contributed by atoms with Gasteiger partial charge in [-0.3, -0.25) is 14.2 Å². The van der Waals surface area contributed by atoms with Gasteiger partial charge < -0.3 is 5.32 Å². The third-order valence-corrected chi connectivity index (χ3v) is 3.76. The van der Waals surface area contributed by atoms with Gasteiger partial charge in [-0.1, -0.05) is 17.3 Å². The van der Waals surface area contributed by atoms with Gasteiger partial charge in [0.2, 0.25) is 5.91 Å². The number of anilines is 1. The van der Waals surface area contributed by atoms with Crippen molar-refractivity contribution in [2.24, 2.45) is 7.05 Å². The summed E-state index contributed by atoms with van der Waals surface area (Å²) in [5.41, 5.74) is 2.88. The van der Waals surface area contributed by atoms with E-state index >= 15 is 0 Å². The molecule has 9 heteroatoms. The number of nitrogens with zero attached hydrogens (tertiary/aromatic N) is 7. The van der Waals surface area contributed by atoms with Gasteiger partial charge in [0.25, 0.3) is 0 Å². The van der Waals surface area contributed by atoms with E-state index in [0.29, 0.717) is 5.82 Å². The number of hydrogen-bond acceptors (Lipinski definition) is 5. The highest BCUT2D eigenvalue weighted by atomic mass is 16.2. The molecule has 0 aliphatic rings. The molecule has 0 saturated heterocycles. The van der Waals surface area contributed by atoms with Crippen molar-refractivity contribution in [2.75, 3.05) is 5.32 Å². The van der Waals surface area contributed by atoms with Crippen molar-refractivity contribution in [3.8, 4) is 16.8 Å². The first-order valence-corrected chi connectivity index (χ1v) is 7.96. The van der Waals surface area contributed by atoms with Gasteiger partial charge in [0.1, 0.15) is 6.54 Å². The molecule has 0 aliphatic carbocycles. The van der Waals surface area contributed by atoms with Crippen LogP contribution in [0.25, 0.3) is 16.8 Å². The molecule has 0 saturated carbocycles. The molecule has 1 N–H and O–H groups in total. The average molecular weight is 348 g/mol. The van der Waals surface area contributed by atoms with Crippen LogP contribution in [-0.4, -0.2) is 40.5 Å². The number of amides is 1. The maximum Gasteiger partial charge on any atom is 0.247 e. The third kappa shape index (κ3) is 3.36. The normalized spacial score (nSPS) is 10.8. The predicted octanol–water partition coefficient (Wildman–Crippen LogP) is 1.50. The highest BCUT2D eigenvalue weighted by Gasteiger charge is 2.09. The molecule has 0 radical (unpaired) electrons. The Hall–Kier alpha value is -3.75. The number of aryl methyl sites for hydroxylation is 1. The second-order valence-electron chi connectivity index (χ2n) is 5.75. The summed E-state index contributed by atoms with van der Waals surface area (Å²) in [6.07, 6.45) is 8.82. The standard InChI is InChI=1S/C17H16N8O/c1-23-11-16(21-22-23)20-17(26)12-24-10-14(9-19-24)13-4-2-5-15(8-13)25-7-3-6-18-25/h2-11H,12H2,1H3,(H,20,26). The van der Waals surface area contributed by atoms with Gasteiger partial charge in [0.15, 0.2) is 5.82 Å². The molecule has 3 heterocycles. The summed E-state index contributed by atoms with van der Waals surface area (Å²) in [7, 11) is 1.74. The lowest BCUT2D eigenvalue weighted by Gasteiger charge is -2.04. The molecule has 0 spiro atoms. The zero-order valence-corrected chi connectivity index (χ0v) is 14.0. The largest absolute Gasteiger partial charge is 0.306 e. The summed E-state index contributed by atoms with van der Waals surface area (Å²) in [6.45, 7) is 0.0927. The van der Waals surface area contributed by atoms with Crippen molar-refractivity contribution in [1.29, 1.82) is 0 Å². The van der Waals surface area contributed by atoms with Crippen LogP contribution in [0.4, 0.5) is 5.82 Å². The van der Waals surface area contributed by atoms with E-state index in [1.165, 1.54) is 4.68 Å². The molecule has 0 bridgehead atoms. The molecule has 0 aliphatic heterocycles. The van der Waals surface area contributed by atoms with Crippen LogP contribution in [0.2, 0.25) is 0 Å². The fourth-order valence-corrected chi connectivity index (χ4v) is 2.58. The van der Waals surface area contributed by atoms with Gasteiger partial charge in [-0.15, -0.1) is 5.10 Å². The second kappa shape index (κ2) is 6.63. The highest BCUT2D eigenvalue weighted by molar-refractivity contribution is 5.89. The van der Waals surface area contributed by atoms with Gasteiger partial charge in [0, 0.05) is 31.2 Å². The van der Waals surface area contributed by atoms with Crippen LogP contribution in [0.1, 0.15) is 0 Å². The minimum atomic E-state index is -0.217. The van der Waals surface area contributed by atoms with Crippen LogP contribution in [-0.2, 0) is 18.4 Å². The Bertz CT molecular complexity index is 1030. The van der Waals surface area contributed by atoms with E-state index < -0.39 is 0 Å². The average Bonchev–Trinajstić information content (AvgIpc) is 3.37. The first kappa shape index (κ1) is 15.8. The van der Waals surface area contributed by atoms with E-state index in [4.69, 9.17) is 0 Å². The maximum absolute atomic E-state index is 12.1. The summed E-state index contributed by atoms with van der Waals surface area (Å²) in [4.78, 5) is 12.1. The Morgan fingerprint density at radius 1 is 1.15 bits per heavy atom. The quantitative estimate of drug-likeness (QED) is 0.590. The van der Waals surface area contributed by atoms with Gasteiger partial charge in [0.05, 0.1) is 18.1 Å². The first-order chi connectivity index (χ1) is 12.7. The van der Waals surface area contributed by atoms with E-state index in [9.17, 15) is 4.79 Å². The highest BCUT2D eigenvalue weighted by Crippen LogP contribution is 2.21. The van der Waals surface area contributed by atoms with Crippen LogP contribution in [0.3, 0.4) is 0 Å². The van der Waals surface area contributed by atoms with Crippen molar-refractivity contribution < 1.29 is 4.79 Å². The van der Waals surface area contributed by atoms with Gasteiger partial charge in [-0.25, -0.2) is 4.68 Å². The molecule has 26 heavy (non-hydrogen) atoms. The Labute approximate surface area is 148 Å². The zero-order valence-electron chi connectivity index (χ0n) is 14.0. The van der Waals surface area contributed by atoms with E-state index in [1.54, 1.807) is 35.0 Å². The molecular formula is C17H16N8O. The lowest BCUT2D eigenvalue weighted by Crippen LogP contribution is -2.19.